The zero-order valence-corrected chi connectivity index (χ0v) is 31.8. The maximum Gasteiger partial charge on any atom is 0.216 e. The summed E-state index contributed by atoms with van der Waals surface area (Å²) in [6.45, 7) is 15.2. The molecular weight excluding hydrogens is 779 g/mol. The van der Waals surface area contributed by atoms with Crippen molar-refractivity contribution in [2.24, 2.45) is 5.41 Å². The molecule has 3 aromatic carbocycles. The summed E-state index contributed by atoms with van der Waals surface area (Å²) in [5, 5.41) is 2.09. The van der Waals surface area contributed by atoms with Crippen molar-refractivity contribution in [1.82, 2.24) is 15.0 Å². The van der Waals surface area contributed by atoms with Crippen LogP contribution in [0.15, 0.2) is 102 Å². The molecule has 0 aliphatic rings. The second-order valence-electron chi connectivity index (χ2n) is 14.0. The zero-order chi connectivity index (χ0) is 33.8. The molecule has 0 saturated heterocycles. The number of benzene rings is 3. The summed E-state index contributed by atoms with van der Waals surface area (Å²) in [7, 11) is 0. The van der Waals surface area contributed by atoms with Crippen molar-refractivity contribution in [3.8, 4) is 22.5 Å². The smallest absolute Gasteiger partial charge is 0.216 e. The standard InChI is InChI=1S/C30H29N2O.C14H14N.Ir/c1-20-19-31-27(17-22(20)18-30(2,3)4)26-12-8-11-24-25-16-15-23(32-29(25)33-28(24)26)14-13-21-9-6-5-7-10-21;1-10-4-6-13(7-5-10)14-8-11(2)12(3)9-15-14;/h5-11,15-17,19H,13-14,18H2,1-4H3;4-6,8-9H,1-3H3;/q2*-1;. The molecule has 0 saturated carbocycles. The predicted octanol–water partition coefficient (Wildman–Crippen LogP) is 11.0. The molecule has 5 heteroatoms. The Bertz CT molecular complexity index is 2180. The van der Waals surface area contributed by atoms with Gasteiger partial charge in [-0.2, -0.15) is 0 Å². The van der Waals surface area contributed by atoms with Gasteiger partial charge in [-0.05, 0) is 85.7 Å². The van der Waals surface area contributed by atoms with Gasteiger partial charge in [-0.25, -0.2) is 4.98 Å². The molecular formula is C44H43IrN3O-2. The van der Waals surface area contributed by atoms with E-state index in [0.29, 0.717) is 5.71 Å². The van der Waals surface area contributed by atoms with Gasteiger partial charge in [0, 0.05) is 43.6 Å². The maximum absolute atomic E-state index is 6.32. The van der Waals surface area contributed by atoms with E-state index in [4.69, 9.17) is 14.4 Å². The van der Waals surface area contributed by atoms with Crippen LogP contribution in [0.25, 0.3) is 44.6 Å². The van der Waals surface area contributed by atoms with Crippen molar-refractivity contribution in [2.45, 2.75) is 67.7 Å². The Morgan fingerprint density at radius 2 is 1.47 bits per heavy atom. The maximum atomic E-state index is 6.32. The minimum atomic E-state index is 0. The molecule has 0 bridgehead atoms. The second kappa shape index (κ2) is 15.4. The Hall–Kier alpha value is -4.44. The first-order valence-electron chi connectivity index (χ1n) is 16.7. The largest absolute Gasteiger partial charge is 0.486 e. The number of pyridine rings is 3. The van der Waals surface area contributed by atoms with Crippen molar-refractivity contribution in [3.05, 3.63) is 149 Å². The van der Waals surface area contributed by atoms with Crippen LogP contribution in [0.4, 0.5) is 0 Å². The van der Waals surface area contributed by atoms with E-state index in [0.717, 1.165) is 63.8 Å². The van der Waals surface area contributed by atoms with Gasteiger partial charge in [0.25, 0.3) is 0 Å². The van der Waals surface area contributed by atoms with Crippen LogP contribution in [0.2, 0.25) is 0 Å². The van der Waals surface area contributed by atoms with Crippen LogP contribution in [0.1, 0.15) is 59.8 Å². The number of fused-ring (bicyclic) bond motifs is 3. The molecule has 251 valence electrons. The molecule has 0 aliphatic carbocycles. The Balaban J connectivity index is 0.000000246. The zero-order valence-electron chi connectivity index (χ0n) is 29.4. The molecule has 1 radical (unpaired) electrons. The van der Waals surface area contributed by atoms with Crippen molar-refractivity contribution in [3.63, 3.8) is 0 Å². The average molecular weight is 822 g/mol. The van der Waals surface area contributed by atoms with Gasteiger partial charge in [0.1, 0.15) is 0 Å². The summed E-state index contributed by atoms with van der Waals surface area (Å²) in [6.07, 6.45) is 6.72. The summed E-state index contributed by atoms with van der Waals surface area (Å²) >= 11 is 0. The molecule has 0 unspecified atom stereocenters. The third kappa shape index (κ3) is 8.78. The van der Waals surface area contributed by atoms with E-state index in [-0.39, 0.29) is 25.5 Å². The van der Waals surface area contributed by atoms with E-state index in [2.05, 4.69) is 132 Å². The first-order valence-corrected chi connectivity index (χ1v) is 16.7. The molecule has 49 heavy (non-hydrogen) atoms. The van der Waals surface area contributed by atoms with Gasteiger partial charge in [0.05, 0.1) is 5.58 Å². The first-order chi connectivity index (χ1) is 23.0. The Kier molecular flexibility index (Phi) is 11.3. The molecule has 0 fully saturated rings. The average Bonchev–Trinajstić information content (AvgIpc) is 3.45. The van der Waals surface area contributed by atoms with Crippen LogP contribution in [0, 0.1) is 45.2 Å². The van der Waals surface area contributed by atoms with Crippen molar-refractivity contribution in [2.75, 3.05) is 0 Å². The van der Waals surface area contributed by atoms with Crippen LogP contribution in [0.3, 0.4) is 0 Å². The van der Waals surface area contributed by atoms with Crippen LogP contribution >= 0.6 is 0 Å². The number of nitrogens with zero attached hydrogens (tertiary/aromatic N) is 3. The topological polar surface area (TPSA) is 51.8 Å². The number of hydrogen-bond acceptors (Lipinski definition) is 4. The molecule has 0 spiro atoms. The van der Waals surface area contributed by atoms with E-state index >= 15 is 0 Å². The van der Waals surface area contributed by atoms with Crippen LogP contribution in [0.5, 0.6) is 0 Å². The molecule has 4 heterocycles. The minimum Gasteiger partial charge on any atom is -0.486 e. The number of aromatic nitrogens is 3. The van der Waals surface area contributed by atoms with Crippen molar-refractivity contribution >= 4 is 22.1 Å². The van der Waals surface area contributed by atoms with Gasteiger partial charge in [-0.3, -0.25) is 0 Å². The van der Waals surface area contributed by atoms with Gasteiger partial charge in [-0.1, -0.05) is 92.2 Å². The van der Waals surface area contributed by atoms with E-state index in [1.807, 2.05) is 30.6 Å². The fraction of sp³-hybridized carbons (Fsp3) is 0.250. The Labute approximate surface area is 304 Å². The van der Waals surface area contributed by atoms with Crippen molar-refractivity contribution in [1.29, 1.82) is 0 Å². The summed E-state index contributed by atoms with van der Waals surface area (Å²) in [5.74, 6) is 0. The number of hydrogen-bond donors (Lipinski definition) is 0. The monoisotopic (exact) mass is 822 g/mol. The fourth-order valence-corrected chi connectivity index (χ4v) is 5.80. The minimum absolute atomic E-state index is 0. The SMILES string of the molecule is Cc1c[c-]c(-c2cc(C)c(C)cn2)cc1.Cc1cnc(-c2[c-]ccc3c2oc2nc(CCc4ccccc4)ccc23)cc1CC(C)(C)C.[Ir]. The second-order valence-corrected chi connectivity index (χ2v) is 14.0. The molecule has 7 aromatic rings. The normalized spacial score (nSPS) is 11.2. The van der Waals surface area contributed by atoms with E-state index < -0.39 is 0 Å². The van der Waals surface area contributed by atoms with Gasteiger partial charge >= 0.3 is 0 Å². The molecule has 0 atom stereocenters. The summed E-state index contributed by atoms with van der Waals surface area (Å²) < 4.78 is 6.32. The van der Waals surface area contributed by atoms with E-state index in [1.165, 1.54) is 33.4 Å². The predicted molar refractivity (Wildman–Crippen MR) is 198 cm³/mol. The van der Waals surface area contributed by atoms with E-state index in [1.54, 1.807) is 0 Å². The summed E-state index contributed by atoms with van der Waals surface area (Å²) in [4.78, 5) is 14.0. The Morgan fingerprint density at radius 3 is 2.18 bits per heavy atom. The summed E-state index contributed by atoms with van der Waals surface area (Å²) in [6, 6.07) is 35.8. The first kappa shape index (κ1) is 35.9. The van der Waals surface area contributed by atoms with Gasteiger partial charge in [0.2, 0.25) is 5.71 Å². The molecule has 7 rings (SSSR count). The van der Waals surface area contributed by atoms with Gasteiger partial charge in [0.15, 0.2) is 0 Å². The fourth-order valence-electron chi connectivity index (χ4n) is 5.80. The molecule has 4 nitrogen and oxygen atoms in total. The van der Waals surface area contributed by atoms with E-state index in [9.17, 15) is 0 Å². The van der Waals surface area contributed by atoms with Crippen LogP contribution in [-0.4, -0.2) is 15.0 Å². The molecule has 4 aromatic heterocycles. The number of rotatable bonds is 6. The number of furan rings is 1. The van der Waals surface area contributed by atoms with Gasteiger partial charge in [-0.15, -0.1) is 53.6 Å². The summed E-state index contributed by atoms with van der Waals surface area (Å²) in [5.41, 5.74) is 14.2. The quantitative estimate of drug-likeness (QED) is 0.157. The third-order valence-electron chi connectivity index (χ3n) is 8.68. The van der Waals surface area contributed by atoms with Gasteiger partial charge < -0.3 is 14.4 Å². The van der Waals surface area contributed by atoms with Crippen LogP contribution < -0.4 is 0 Å². The van der Waals surface area contributed by atoms with Crippen LogP contribution in [-0.2, 0) is 39.4 Å². The number of aryl methyl sites for hydroxylation is 6. The molecule has 0 aliphatic heterocycles. The Morgan fingerprint density at radius 1 is 0.714 bits per heavy atom. The van der Waals surface area contributed by atoms with Crippen molar-refractivity contribution < 1.29 is 24.5 Å². The third-order valence-corrected chi connectivity index (χ3v) is 8.68. The molecule has 0 N–H and O–H groups in total. The molecule has 0 amide bonds.